The van der Waals surface area contributed by atoms with Gasteiger partial charge in [0.05, 0.1) is 19.3 Å². The third kappa shape index (κ3) is 4.13. The number of carbonyl (C=O) groups excluding carboxylic acids is 1. The molecule has 1 aliphatic rings. The Labute approximate surface area is 114 Å². The van der Waals surface area contributed by atoms with E-state index in [1.54, 1.807) is 6.92 Å². The van der Waals surface area contributed by atoms with E-state index in [2.05, 4.69) is 4.74 Å². The predicted molar refractivity (Wildman–Crippen MR) is 69.8 cm³/mol. The molecule has 1 fully saturated rings. The normalized spacial score (nSPS) is 25.5. The van der Waals surface area contributed by atoms with Crippen LogP contribution >= 0.6 is 0 Å². The maximum absolute atomic E-state index is 12.4. The van der Waals surface area contributed by atoms with Gasteiger partial charge in [-0.2, -0.15) is 17.0 Å². The van der Waals surface area contributed by atoms with Gasteiger partial charge in [0.25, 0.3) is 10.2 Å². The van der Waals surface area contributed by atoms with Crippen molar-refractivity contribution in [1.82, 2.24) is 8.61 Å². The van der Waals surface area contributed by atoms with Crippen molar-refractivity contribution in [3.05, 3.63) is 0 Å². The van der Waals surface area contributed by atoms with Gasteiger partial charge in [-0.25, -0.2) is 0 Å². The zero-order chi connectivity index (χ0) is 14.6. The molecule has 0 aliphatic carbocycles. The van der Waals surface area contributed by atoms with Gasteiger partial charge in [0.2, 0.25) is 0 Å². The van der Waals surface area contributed by atoms with Crippen LogP contribution in [0.1, 0.15) is 20.8 Å². The molecule has 1 rings (SSSR count). The molecule has 1 heterocycles. The number of morpholine rings is 1. The van der Waals surface area contributed by atoms with Gasteiger partial charge >= 0.3 is 5.97 Å². The smallest absolute Gasteiger partial charge is 0.321 e. The number of nitrogens with zero attached hydrogens (tertiary/aromatic N) is 2. The second kappa shape index (κ2) is 6.65. The molecule has 0 aromatic heterocycles. The van der Waals surface area contributed by atoms with E-state index >= 15 is 0 Å². The van der Waals surface area contributed by atoms with E-state index in [9.17, 15) is 13.2 Å². The molecule has 1 saturated heterocycles. The molecule has 7 nitrogen and oxygen atoms in total. The summed E-state index contributed by atoms with van der Waals surface area (Å²) in [4.78, 5) is 11.3. The molecular formula is C11H22N2O5S. The number of methoxy groups -OCH3 is 1. The van der Waals surface area contributed by atoms with Crippen LogP contribution in [-0.2, 0) is 24.5 Å². The summed E-state index contributed by atoms with van der Waals surface area (Å²) in [5, 5.41) is 0. The number of carbonyl (C=O) groups is 1. The molecule has 8 heteroatoms. The molecule has 1 aliphatic heterocycles. The van der Waals surface area contributed by atoms with Crippen molar-refractivity contribution in [2.75, 3.05) is 33.3 Å². The van der Waals surface area contributed by atoms with Crippen molar-refractivity contribution in [3.8, 4) is 0 Å². The van der Waals surface area contributed by atoms with Gasteiger partial charge in [-0.05, 0) is 13.8 Å². The minimum atomic E-state index is -3.66. The topological polar surface area (TPSA) is 76.2 Å². The Morgan fingerprint density at radius 1 is 1.37 bits per heavy atom. The van der Waals surface area contributed by atoms with Gasteiger partial charge in [0.15, 0.2) is 0 Å². The van der Waals surface area contributed by atoms with Crippen molar-refractivity contribution in [3.63, 3.8) is 0 Å². The van der Waals surface area contributed by atoms with Crippen molar-refractivity contribution < 1.29 is 22.7 Å². The van der Waals surface area contributed by atoms with Crippen molar-refractivity contribution in [1.29, 1.82) is 0 Å². The maximum Gasteiger partial charge on any atom is 0.321 e. The van der Waals surface area contributed by atoms with E-state index < -0.39 is 16.2 Å². The first-order chi connectivity index (χ1) is 8.81. The van der Waals surface area contributed by atoms with Crippen molar-refractivity contribution >= 4 is 16.2 Å². The molecule has 0 spiro atoms. The molecule has 2 atom stereocenters. The third-order valence-electron chi connectivity index (χ3n) is 2.92. The average molecular weight is 294 g/mol. The largest absolute Gasteiger partial charge is 0.468 e. The van der Waals surface area contributed by atoms with Crippen LogP contribution in [0.5, 0.6) is 0 Å². The highest BCUT2D eigenvalue weighted by molar-refractivity contribution is 7.86. The highest BCUT2D eigenvalue weighted by atomic mass is 32.2. The second-order valence-electron chi connectivity index (χ2n) is 4.58. The Morgan fingerprint density at radius 3 is 2.32 bits per heavy atom. The zero-order valence-electron chi connectivity index (χ0n) is 11.8. The van der Waals surface area contributed by atoms with E-state index in [1.165, 1.54) is 11.4 Å². The molecule has 0 aromatic carbocycles. The molecule has 112 valence electrons. The number of hydrogen-bond donors (Lipinski definition) is 0. The fraction of sp³-hybridized carbons (Fsp3) is 0.909. The van der Waals surface area contributed by atoms with Crippen LogP contribution in [0.4, 0.5) is 0 Å². The monoisotopic (exact) mass is 294 g/mol. The molecular weight excluding hydrogens is 272 g/mol. The minimum Gasteiger partial charge on any atom is -0.468 e. The molecule has 0 bridgehead atoms. The highest BCUT2D eigenvalue weighted by Crippen LogP contribution is 2.17. The van der Waals surface area contributed by atoms with Crippen LogP contribution in [0.2, 0.25) is 0 Å². The summed E-state index contributed by atoms with van der Waals surface area (Å²) in [5.41, 5.74) is 0. The molecule has 19 heavy (non-hydrogen) atoms. The van der Waals surface area contributed by atoms with Gasteiger partial charge in [-0.1, -0.05) is 6.92 Å². The van der Waals surface area contributed by atoms with Gasteiger partial charge in [-0.15, -0.1) is 0 Å². The second-order valence-corrected chi connectivity index (χ2v) is 6.51. The first-order valence-corrected chi connectivity index (χ1v) is 7.68. The lowest BCUT2D eigenvalue weighted by Gasteiger charge is -2.36. The van der Waals surface area contributed by atoms with Gasteiger partial charge in [0, 0.05) is 19.6 Å². The molecule has 0 radical (unpaired) electrons. The SMILES string of the molecule is CCN(CC(=O)OC)S(=O)(=O)N1CC(C)OC(C)C1. The van der Waals surface area contributed by atoms with Crippen LogP contribution in [0.15, 0.2) is 0 Å². The fourth-order valence-electron chi connectivity index (χ4n) is 2.05. The summed E-state index contributed by atoms with van der Waals surface area (Å²) in [7, 11) is -2.42. The number of rotatable bonds is 5. The first kappa shape index (κ1) is 16.4. The number of ether oxygens (including phenoxy) is 2. The molecule has 2 unspecified atom stereocenters. The third-order valence-corrected chi connectivity index (χ3v) is 4.92. The lowest BCUT2D eigenvalue weighted by molar-refractivity contribution is -0.140. The van der Waals surface area contributed by atoms with E-state index in [-0.39, 0.29) is 25.3 Å². The van der Waals surface area contributed by atoms with Crippen LogP contribution in [0, 0.1) is 0 Å². The van der Waals surface area contributed by atoms with Crippen LogP contribution < -0.4 is 0 Å². The molecule has 0 saturated carbocycles. The van der Waals surface area contributed by atoms with Crippen LogP contribution in [0.3, 0.4) is 0 Å². The van der Waals surface area contributed by atoms with Gasteiger partial charge < -0.3 is 9.47 Å². The standard InChI is InChI=1S/C11H22N2O5S/c1-5-12(8-11(14)17-4)19(15,16)13-6-9(2)18-10(3)7-13/h9-10H,5-8H2,1-4H3. The minimum absolute atomic E-state index is 0.157. The maximum atomic E-state index is 12.4. The molecule has 0 amide bonds. The quantitative estimate of drug-likeness (QED) is 0.658. The first-order valence-electron chi connectivity index (χ1n) is 6.28. The van der Waals surface area contributed by atoms with Gasteiger partial charge in [-0.3, -0.25) is 4.79 Å². The molecule has 0 N–H and O–H groups in total. The summed E-state index contributed by atoms with van der Waals surface area (Å²) in [6.45, 7) is 5.89. The average Bonchev–Trinajstić information content (AvgIpc) is 2.34. The van der Waals surface area contributed by atoms with E-state index in [4.69, 9.17) is 4.74 Å². The Bertz CT molecular complexity index is 401. The van der Waals surface area contributed by atoms with Crippen molar-refractivity contribution in [2.45, 2.75) is 33.0 Å². The van der Waals surface area contributed by atoms with Crippen molar-refractivity contribution in [2.24, 2.45) is 0 Å². The van der Waals surface area contributed by atoms with Crippen LogP contribution in [0.25, 0.3) is 0 Å². The lowest BCUT2D eigenvalue weighted by Crippen LogP contribution is -2.53. The summed E-state index contributed by atoms with van der Waals surface area (Å²) < 4.78 is 37.4. The number of likely N-dealkylation sites (N-methyl/N-ethyl adjacent to an activating group) is 1. The Morgan fingerprint density at radius 2 is 1.89 bits per heavy atom. The predicted octanol–water partition coefficient (Wildman–Crippen LogP) is -0.165. The highest BCUT2D eigenvalue weighted by Gasteiger charge is 2.35. The van der Waals surface area contributed by atoms with Crippen LogP contribution in [-0.4, -0.2) is 68.5 Å². The zero-order valence-corrected chi connectivity index (χ0v) is 12.6. The lowest BCUT2D eigenvalue weighted by atomic mass is 10.3. The van der Waals surface area contributed by atoms with E-state index in [0.29, 0.717) is 13.1 Å². The van der Waals surface area contributed by atoms with E-state index in [0.717, 1.165) is 4.31 Å². The Kier molecular flexibility index (Phi) is 5.72. The summed E-state index contributed by atoms with van der Waals surface area (Å²) >= 11 is 0. The summed E-state index contributed by atoms with van der Waals surface area (Å²) in [6.07, 6.45) is -0.314. The summed E-state index contributed by atoms with van der Waals surface area (Å²) in [6, 6.07) is 0. The summed E-state index contributed by atoms with van der Waals surface area (Å²) in [5.74, 6) is -0.570. The fourth-order valence-corrected chi connectivity index (χ4v) is 3.77. The van der Waals surface area contributed by atoms with Gasteiger partial charge in [0.1, 0.15) is 6.54 Å². The molecule has 0 aromatic rings. The van der Waals surface area contributed by atoms with E-state index in [1.807, 2.05) is 13.8 Å². The number of esters is 1. The Balaban J connectivity index is 2.84. The number of hydrogen-bond acceptors (Lipinski definition) is 5. The Hall–Kier alpha value is -0.700.